The Balaban J connectivity index is 1.26. The second kappa shape index (κ2) is 9.40. The molecule has 0 aliphatic carbocycles. The number of carbonyl (C=O) groups excluding carboxylic acids is 1. The van der Waals surface area contributed by atoms with Gasteiger partial charge in [-0.2, -0.15) is 15.3 Å². The van der Waals surface area contributed by atoms with Crippen LogP contribution in [0.5, 0.6) is 0 Å². The lowest BCUT2D eigenvalue weighted by molar-refractivity contribution is 0.116. The third-order valence-electron chi connectivity index (χ3n) is 9.25. The molecule has 218 valence electrons. The Morgan fingerprint density at radius 2 is 1.79 bits per heavy atom. The number of benzene rings is 2. The van der Waals surface area contributed by atoms with Crippen LogP contribution in [-0.2, 0) is 7.05 Å². The molecule has 2 aliphatic heterocycles. The SMILES string of the molecule is Cc1cc2[nH]ncc2c(-c2c(-c3ccc4c(cnn4C)c3)nn(C3CC4CCC(C3)N4C(=O)n3ncc(=O)[nH]3)c2C)c1Cl. The molecule has 2 bridgehead atoms. The third-order valence-corrected chi connectivity index (χ3v) is 9.73. The van der Waals surface area contributed by atoms with Gasteiger partial charge < -0.3 is 4.90 Å². The molecule has 4 aromatic heterocycles. The molecule has 6 aromatic rings. The Morgan fingerprint density at radius 1 is 1.00 bits per heavy atom. The lowest BCUT2D eigenvalue weighted by atomic mass is 9.94. The zero-order valence-electron chi connectivity index (χ0n) is 23.9. The maximum Gasteiger partial charge on any atom is 0.360 e. The minimum absolute atomic E-state index is 0.0225. The van der Waals surface area contributed by atoms with E-state index in [0.717, 1.165) is 92.1 Å². The van der Waals surface area contributed by atoms with E-state index in [1.165, 1.54) is 0 Å². The van der Waals surface area contributed by atoms with Gasteiger partial charge in [0.25, 0.3) is 5.56 Å². The number of hydrogen-bond donors (Lipinski definition) is 2. The summed E-state index contributed by atoms with van der Waals surface area (Å²) in [4.78, 5) is 27.9. The topological polar surface area (TPSA) is 135 Å². The fourth-order valence-electron chi connectivity index (χ4n) is 7.27. The number of amides is 1. The van der Waals surface area contributed by atoms with E-state index in [4.69, 9.17) is 16.7 Å². The molecule has 13 heteroatoms. The number of rotatable bonds is 3. The minimum Gasteiger partial charge on any atom is -0.316 e. The summed E-state index contributed by atoms with van der Waals surface area (Å²) in [6, 6.07) is 8.15. The van der Waals surface area contributed by atoms with E-state index in [-0.39, 0.29) is 24.2 Å². The highest BCUT2D eigenvalue weighted by atomic mass is 35.5. The van der Waals surface area contributed by atoms with Gasteiger partial charge in [-0.15, -0.1) is 9.90 Å². The number of hydrogen-bond acceptors (Lipinski definition) is 6. The van der Waals surface area contributed by atoms with Gasteiger partial charge in [-0.3, -0.25) is 19.3 Å². The van der Waals surface area contributed by atoms with Gasteiger partial charge in [-0.25, -0.2) is 9.89 Å². The molecular formula is C30H29ClN10O2. The van der Waals surface area contributed by atoms with Gasteiger partial charge in [0, 0.05) is 52.3 Å². The monoisotopic (exact) mass is 596 g/mol. The van der Waals surface area contributed by atoms with Gasteiger partial charge in [-0.05, 0) is 63.3 Å². The summed E-state index contributed by atoms with van der Waals surface area (Å²) >= 11 is 7.09. The molecule has 2 fully saturated rings. The lowest BCUT2D eigenvalue weighted by Gasteiger charge is -2.38. The molecule has 2 saturated heterocycles. The molecule has 43 heavy (non-hydrogen) atoms. The molecule has 12 nitrogen and oxygen atoms in total. The van der Waals surface area contributed by atoms with E-state index in [0.29, 0.717) is 5.02 Å². The molecule has 0 radical (unpaired) electrons. The van der Waals surface area contributed by atoms with E-state index in [1.54, 1.807) is 0 Å². The molecule has 2 N–H and O–H groups in total. The van der Waals surface area contributed by atoms with Crippen LogP contribution in [0.1, 0.15) is 43.0 Å². The quantitative estimate of drug-likeness (QED) is 0.296. The van der Waals surface area contributed by atoms with Crippen LogP contribution in [0.3, 0.4) is 0 Å². The van der Waals surface area contributed by atoms with E-state index in [2.05, 4.69) is 55.3 Å². The van der Waals surface area contributed by atoms with Crippen molar-refractivity contribution in [3.05, 3.63) is 69.5 Å². The van der Waals surface area contributed by atoms with Gasteiger partial charge in [-0.1, -0.05) is 17.7 Å². The summed E-state index contributed by atoms with van der Waals surface area (Å²) in [6.45, 7) is 4.11. The Labute approximate surface area is 250 Å². The predicted octanol–water partition coefficient (Wildman–Crippen LogP) is 4.97. The molecule has 1 amide bonds. The summed E-state index contributed by atoms with van der Waals surface area (Å²) < 4.78 is 4.01. The van der Waals surface area contributed by atoms with Crippen LogP contribution in [0.4, 0.5) is 4.79 Å². The fourth-order valence-corrected chi connectivity index (χ4v) is 7.52. The van der Waals surface area contributed by atoms with Gasteiger partial charge >= 0.3 is 6.03 Å². The first-order valence-electron chi connectivity index (χ1n) is 14.4. The number of carbonyl (C=O) groups is 1. The highest BCUT2D eigenvalue weighted by Gasteiger charge is 2.45. The Kier molecular flexibility index (Phi) is 5.67. The number of fused-ring (bicyclic) bond motifs is 4. The number of halogens is 1. The molecule has 2 atom stereocenters. The highest BCUT2D eigenvalue weighted by Crippen LogP contribution is 2.47. The largest absolute Gasteiger partial charge is 0.360 e. The molecule has 0 saturated carbocycles. The van der Waals surface area contributed by atoms with Crippen molar-refractivity contribution >= 4 is 39.4 Å². The van der Waals surface area contributed by atoms with Crippen LogP contribution in [0, 0.1) is 13.8 Å². The third kappa shape index (κ3) is 3.89. The normalized spacial score (nSPS) is 20.1. The van der Waals surface area contributed by atoms with E-state index in [1.807, 2.05) is 42.0 Å². The van der Waals surface area contributed by atoms with Crippen molar-refractivity contribution in [2.45, 2.75) is 57.7 Å². The standard InChI is InChI=1S/C30H29ClN10O2/c1-15-8-23-22(13-32-35-23)27(28(15)31)26-16(2)40(37-29(26)17-4-7-24-18(9-17)12-33-38(24)3)21-10-19-5-6-20(11-21)39(19)30(43)41-34-14-25(42)36-41/h4,7-9,12-14,19-21H,5-6,10-11H2,1-3H3,(H,32,35)(H,36,42). The van der Waals surface area contributed by atoms with Gasteiger partial charge in [0.2, 0.25) is 0 Å². The first-order valence-corrected chi connectivity index (χ1v) is 14.8. The van der Waals surface area contributed by atoms with Crippen molar-refractivity contribution in [2.75, 3.05) is 0 Å². The lowest BCUT2D eigenvalue weighted by Crippen LogP contribution is -2.49. The van der Waals surface area contributed by atoms with Crippen molar-refractivity contribution in [1.29, 1.82) is 0 Å². The van der Waals surface area contributed by atoms with E-state index < -0.39 is 5.56 Å². The number of aromatic nitrogens is 9. The van der Waals surface area contributed by atoms with Crippen molar-refractivity contribution in [2.24, 2.45) is 7.05 Å². The summed E-state index contributed by atoms with van der Waals surface area (Å²) in [5, 5.41) is 26.3. The van der Waals surface area contributed by atoms with Gasteiger partial charge in [0.15, 0.2) is 0 Å². The van der Waals surface area contributed by atoms with E-state index in [9.17, 15) is 9.59 Å². The van der Waals surface area contributed by atoms with Crippen LogP contribution < -0.4 is 5.56 Å². The van der Waals surface area contributed by atoms with Crippen LogP contribution in [0.25, 0.3) is 44.2 Å². The van der Waals surface area contributed by atoms with Gasteiger partial charge in [0.1, 0.15) is 11.9 Å². The number of nitrogens with one attached hydrogen (secondary N) is 2. The number of piperidine rings is 1. The minimum atomic E-state index is -0.395. The number of nitrogens with zero attached hydrogens (tertiary/aromatic N) is 8. The maximum atomic E-state index is 13.3. The molecule has 6 heterocycles. The van der Waals surface area contributed by atoms with Crippen molar-refractivity contribution in [3.8, 4) is 22.4 Å². The van der Waals surface area contributed by atoms with Crippen LogP contribution in [0.15, 0.2) is 47.7 Å². The molecule has 2 unspecified atom stereocenters. The fraction of sp³-hybridized carbons (Fsp3) is 0.333. The average Bonchev–Trinajstić information content (AvgIpc) is 3.82. The zero-order valence-corrected chi connectivity index (χ0v) is 24.6. The number of aromatic amines is 2. The van der Waals surface area contributed by atoms with Gasteiger partial charge in [0.05, 0.1) is 34.5 Å². The number of aryl methyl sites for hydroxylation is 2. The smallest absolute Gasteiger partial charge is 0.316 e. The predicted molar refractivity (Wildman–Crippen MR) is 162 cm³/mol. The molecule has 8 rings (SSSR count). The summed E-state index contributed by atoms with van der Waals surface area (Å²) in [5.74, 6) is 0. The summed E-state index contributed by atoms with van der Waals surface area (Å²) in [7, 11) is 1.93. The number of H-pyrrole nitrogens is 2. The average molecular weight is 597 g/mol. The highest BCUT2D eigenvalue weighted by molar-refractivity contribution is 6.36. The van der Waals surface area contributed by atoms with Crippen LogP contribution in [0.2, 0.25) is 5.02 Å². The maximum absolute atomic E-state index is 13.3. The Hall–Kier alpha value is -4.71. The Bertz CT molecular complexity index is 2120. The second-order valence-corrected chi connectivity index (χ2v) is 12.1. The molecule has 2 aliphatic rings. The molecule has 2 aromatic carbocycles. The second-order valence-electron chi connectivity index (χ2n) is 11.7. The summed E-state index contributed by atoms with van der Waals surface area (Å²) in [6.07, 6.45) is 8.11. The summed E-state index contributed by atoms with van der Waals surface area (Å²) in [5.41, 5.74) is 7.24. The molecular weight excluding hydrogens is 568 g/mol. The van der Waals surface area contributed by atoms with Crippen molar-refractivity contribution < 1.29 is 4.79 Å². The molecule has 0 spiro atoms. The van der Waals surface area contributed by atoms with Crippen LogP contribution in [-0.4, -0.2) is 67.8 Å². The van der Waals surface area contributed by atoms with Crippen molar-refractivity contribution in [3.63, 3.8) is 0 Å². The Morgan fingerprint density at radius 3 is 2.53 bits per heavy atom. The van der Waals surface area contributed by atoms with E-state index >= 15 is 0 Å². The van der Waals surface area contributed by atoms with Crippen molar-refractivity contribution in [1.82, 2.24) is 49.7 Å². The zero-order chi connectivity index (χ0) is 29.6. The first kappa shape index (κ1) is 26.0. The van der Waals surface area contributed by atoms with Crippen LogP contribution >= 0.6 is 11.6 Å². The first-order chi connectivity index (χ1) is 20.8.